The van der Waals surface area contributed by atoms with Crippen molar-refractivity contribution < 1.29 is 13.5 Å². The number of nitrogens with one attached hydrogen (secondary N) is 1. The minimum atomic E-state index is -2.79. The van der Waals surface area contributed by atoms with E-state index in [0.717, 1.165) is 0 Å². The molecule has 12 heavy (non-hydrogen) atoms. The van der Waals surface area contributed by atoms with E-state index in [1.807, 2.05) is 0 Å². The molecule has 0 aromatic rings. The van der Waals surface area contributed by atoms with Crippen molar-refractivity contribution in [3.8, 4) is 0 Å². The van der Waals surface area contributed by atoms with E-state index in [1.54, 1.807) is 6.92 Å². The zero-order valence-corrected chi connectivity index (χ0v) is 7.97. The summed E-state index contributed by atoms with van der Waals surface area (Å²) in [7, 11) is -2.79. The van der Waals surface area contributed by atoms with Gasteiger partial charge in [0.25, 0.3) is 0 Å². The maximum Gasteiger partial charge on any atom is 0.151 e. The molecule has 1 aliphatic heterocycles. The predicted molar refractivity (Wildman–Crippen MR) is 46.7 cm³/mol. The fourth-order valence-electron chi connectivity index (χ4n) is 1.29. The van der Waals surface area contributed by atoms with Crippen molar-refractivity contribution in [2.75, 3.05) is 18.1 Å². The molecule has 1 heterocycles. The SMILES string of the molecule is C[C@H](O)CNC1CCS(=O)(=O)C1. The standard InChI is InChI=1S/C7H15NO3S/c1-6(9)4-8-7-2-3-12(10,11)5-7/h6-9H,2-5H2,1H3/t6-,7?/m0/s1. The second kappa shape index (κ2) is 3.72. The normalized spacial score (nSPS) is 30.3. The fourth-order valence-corrected chi connectivity index (χ4v) is 3.00. The van der Waals surface area contributed by atoms with E-state index in [4.69, 9.17) is 5.11 Å². The minimum Gasteiger partial charge on any atom is -0.392 e. The molecule has 0 aromatic heterocycles. The zero-order valence-electron chi connectivity index (χ0n) is 7.16. The van der Waals surface area contributed by atoms with Gasteiger partial charge in [0, 0.05) is 12.6 Å². The number of rotatable bonds is 3. The monoisotopic (exact) mass is 193 g/mol. The molecule has 1 fully saturated rings. The molecule has 0 aromatic carbocycles. The molecule has 1 unspecified atom stereocenters. The topological polar surface area (TPSA) is 66.4 Å². The van der Waals surface area contributed by atoms with Crippen LogP contribution in [0.25, 0.3) is 0 Å². The number of aliphatic hydroxyl groups excluding tert-OH is 1. The van der Waals surface area contributed by atoms with E-state index in [0.29, 0.717) is 13.0 Å². The molecule has 0 saturated carbocycles. The molecule has 5 heteroatoms. The Hall–Kier alpha value is -0.130. The summed E-state index contributed by atoms with van der Waals surface area (Å²) >= 11 is 0. The predicted octanol–water partition coefficient (Wildman–Crippen LogP) is -0.856. The van der Waals surface area contributed by atoms with Gasteiger partial charge in [-0.25, -0.2) is 8.42 Å². The molecule has 0 aliphatic carbocycles. The molecule has 2 atom stereocenters. The van der Waals surface area contributed by atoms with Gasteiger partial charge in [-0.15, -0.1) is 0 Å². The van der Waals surface area contributed by atoms with Crippen LogP contribution in [-0.2, 0) is 9.84 Å². The summed E-state index contributed by atoms with van der Waals surface area (Å²) in [5.41, 5.74) is 0. The highest BCUT2D eigenvalue weighted by molar-refractivity contribution is 7.91. The fraction of sp³-hybridized carbons (Fsp3) is 1.00. The molecule has 1 aliphatic rings. The molecule has 0 radical (unpaired) electrons. The second-order valence-electron chi connectivity index (χ2n) is 3.36. The van der Waals surface area contributed by atoms with E-state index in [-0.39, 0.29) is 17.5 Å². The summed E-state index contributed by atoms with van der Waals surface area (Å²) in [6, 6.07) is 0.0459. The van der Waals surface area contributed by atoms with Crippen LogP contribution in [0.3, 0.4) is 0 Å². The first kappa shape index (κ1) is 9.95. The van der Waals surface area contributed by atoms with Gasteiger partial charge >= 0.3 is 0 Å². The number of hydrogen-bond acceptors (Lipinski definition) is 4. The van der Waals surface area contributed by atoms with Crippen molar-refractivity contribution in [1.82, 2.24) is 5.32 Å². The average molecular weight is 193 g/mol. The first-order valence-corrected chi connectivity index (χ1v) is 5.93. The van der Waals surface area contributed by atoms with Crippen LogP contribution in [0.5, 0.6) is 0 Å². The van der Waals surface area contributed by atoms with E-state index in [1.165, 1.54) is 0 Å². The zero-order chi connectivity index (χ0) is 9.19. The number of aliphatic hydroxyl groups is 1. The highest BCUT2D eigenvalue weighted by Gasteiger charge is 2.27. The molecule has 1 rings (SSSR count). The third-order valence-corrected chi connectivity index (χ3v) is 3.70. The van der Waals surface area contributed by atoms with E-state index in [2.05, 4.69) is 5.32 Å². The summed E-state index contributed by atoms with van der Waals surface area (Å²) in [6.07, 6.45) is 0.267. The number of sulfone groups is 1. The Morgan fingerprint density at radius 3 is 2.75 bits per heavy atom. The molecule has 1 saturated heterocycles. The van der Waals surface area contributed by atoms with Crippen molar-refractivity contribution in [1.29, 1.82) is 0 Å². The van der Waals surface area contributed by atoms with Crippen molar-refractivity contribution in [2.45, 2.75) is 25.5 Å². The largest absolute Gasteiger partial charge is 0.392 e. The quantitative estimate of drug-likeness (QED) is 0.612. The van der Waals surface area contributed by atoms with Crippen molar-refractivity contribution in [3.05, 3.63) is 0 Å². The maximum atomic E-state index is 11.0. The van der Waals surface area contributed by atoms with Gasteiger partial charge in [-0.2, -0.15) is 0 Å². The Morgan fingerprint density at radius 2 is 2.33 bits per heavy atom. The van der Waals surface area contributed by atoms with Gasteiger partial charge in [0.2, 0.25) is 0 Å². The summed E-state index contributed by atoms with van der Waals surface area (Å²) in [5, 5.41) is 11.9. The second-order valence-corrected chi connectivity index (χ2v) is 5.59. The van der Waals surface area contributed by atoms with Gasteiger partial charge < -0.3 is 10.4 Å². The van der Waals surface area contributed by atoms with Crippen molar-refractivity contribution in [2.24, 2.45) is 0 Å². The van der Waals surface area contributed by atoms with Gasteiger partial charge in [0.1, 0.15) is 0 Å². The maximum absolute atomic E-state index is 11.0. The lowest BCUT2D eigenvalue weighted by atomic mass is 10.2. The molecule has 0 bridgehead atoms. The van der Waals surface area contributed by atoms with Crippen LogP contribution in [-0.4, -0.2) is 43.7 Å². The highest BCUT2D eigenvalue weighted by Crippen LogP contribution is 2.10. The Kier molecular flexibility index (Phi) is 3.09. The van der Waals surface area contributed by atoms with Crippen LogP contribution in [0.1, 0.15) is 13.3 Å². The van der Waals surface area contributed by atoms with Crippen LogP contribution >= 0.6 is 0 Å². The Bertz CT molecular complexity index is 235. The Balaban J connectivity index is 2.29. The summed E-state index contributed by atoms with van der Waals surface area (Å²) in [4.78, 5) is 0. The average Bonchev–Trinajstić information content (AvgIpc) is 2.26. The van der Waals surface area contributed by atoms with Gasteiger partial charge in [0.15, 0.2) is 9.84 Å². The Morgan fingerprint density at radius 1 is 1.67 bits per heavy atom. The third kappa shape index (κ3) is 3.08. The lowest BCUT2D eigenvalue weighted by molar-refractivity contribution is 0.187. The minimum absolute atomic E-state index is 0.0459. The van der Waals surface area contributed by atoms with Crippen LogP contribution < -0.4 is 5.32 Å². The molecule has 0 amide bonds. The molecule has 4 nitrogen and oxygen atoms in total. The van der Waals surface area contributed by atoms with Gasteiger partial charge in [0.05, 0.1) is 17.6 Å². The first-order chi connectivity index (χ1) is 5.49. The van der Waals surface area contributed by atoms with Crippen molar-refractivity contribution >= 4 is 9.84 Å². The van der Waals surface area contributed by atoms with Crippen LogP contribution in [0, 0.1) is 0 Å². The van der Waals surface area contributed by atoms with E-state index < -0.39 is 15.9 Å². The van der Waals surface area contributed by atoms with E-state index in [9.17, 15) is 8.42 Å². The van der Waals surface area contributed by atoms with Gasteiger partial charge in [-0.3, -0.25) is 0 Å². The molecular weight excluding hydrogens is 178 g/mol. The van der Waals surface area contributed by atoms with Crippen LogP contribution in [0.4, 0.5) is 0 Å². The lowest BCUT2D eigenvalue weighted by Crippen LogP contribution is -2.35. The van der Waals surface area contributed by atoms with Crippen molar-refractivity contribution in [3.63, 3.8) is 0 Å². The van der Waals surface area contributed by atoms with Gasteiger partial charge in [-0.1, -0.05) is 0 Å². The molecule has 2 N–H and O–H groups in total. The molecule has 0 spiro atoms. The summed E-state index contributed by atoms with van der Waals surface area (Å²) in [5.74, 6) is 0.504. The smallest absolute Gasteiger partial charge is 0.151 e. The van der Waals surface area contributed by atoms with Crippen LogP contribution in [0.2, 0.25) is 0 Å². The first-order valence-electron chi connectivity index (χ1n) is 4.11. The summed E-state index contributed by atoms with van der Waals surface area (Å²) in [6.45, 7) is 2.15. The highest BCUT2D eigenvalue weighted by atomic mass is 32.2. The van der Waals surface area contributed by atoms with E-state index >= 15 is 0 Å². The molecular formula is C7H15NO3S. The van der Waals surface area contributed by atoms with Gasteiger partial charge in [-0.05, 0) is 13.3 Å². The summed E-state index contributed by atoms with van der Waals surface area (Å²) < 4.78 is 22.0. The van der Waals surface area contributed by atoms with Crippen LogP contribution in [0.15, 0.2) is 0 Å². The third-order valence-electron chi connectivity index (χ3n) is 1.93. The molecule has 72 valence electrons. The lowest BCUT2D eigenvalue weighted by Gasteiger charge is -2.11. The Labute approximate surface area is 72.9 Å². The number of hydrogen-bond donors (Lipinski definition) is 2.